The van der Waals surface area contributed by atoms with E-state index in [-0.39, 0.29) is 5.54 Å². The Morgan fingerprint density at radius 2 is 2.00 bits per heavy atom. The third kappa shape index (κ3) is 6.37. The van der Waals surface area contributed by atoms with E-state index < -0.39 is 0 Å². The predicted molar refractivity (Wildman–Crippen MR) is 66.2 cm³/mol. The number of hydrogen-bond acceptors (Lipinski definition) is 1. The molecule has 1 rings (SSSR count). The van der Waals surface area contributed by atoms with Crippen LogP contribution in [0, 0.1) is 5.92 Å². The largest absolute Gasteiger partial charge is 0.356 e. The van der Waals surface area contributed by atoms with E-state index in [1.807, 2.05) is 7.05 Å². The van der Waals surface area contributed by atoms with Crippen LogP contribution in [0.2, 0.25) is 0 Å². The van der Waals surface area contributed by atoms with Gasteiger partial charge in [0.05, 0.1) is 0 Å². The topological polar surface area (TPSA) is 36.4 Å². The first-order valence-electron chi connectivity index (χ1n) is 6.00. The van der Waals surface area contributed by atoms with Crippen molar-refractivity contribution < 1.29 is 0 Å². The molecule has 0 radical (unpaired) electrons. The molecule has 1 aliphatic carbocycles. The van der Waals surface area contributed by atoms with Gasteiger partial charge in [-0.1, -0.05) is 12.8 Å². The number of aliphatic imine (C=N–C) groups is 1. The fourth-order valence-electron chi connectivity index (χ4n) is 1.54. The zero-order valence-corrected chi connectivity index (χ0v) is 10.6. The van der Waals surface area contributed by atoms with Crippen molar-refractivity contribution in [1.29, 1.82) is 0 Å². The molecule has 0 spiro atoms. The Kier molecular flexibility index (Phi) is 4.43. The van der Waals surface area contributed by atoms with Crippen molar-refractivity contribution in [2.75, 3.05) is 13.6 Å². The van der Waals surface area contributed by atoms with Gasteiger partial charge < -0.3 is 10.6 Å². The van der Waals surface area contributed by atoms with Gasteiger partial charge in [0, 0.05) is 19.1 Å². The molecule has 0 amide bonds. The molecule has 15 heavy (non-hydrogen) atoms. The van der Waals surface area contributed by atoms with Gasteiger partial charge in [-0.2, -0.15) is 0 Å². The van der Waals surface area contributed by atoms with Gasteiger partial charge in [0.1, 0.15) is 0 Å². The van der Waals surface area contributed by atoms with E-state index in [2.05, 4.69) is 36.4 Å². The number of guanidine groups is 1. The van der Waals surface area contributed by atoms with Crippen molar-refractivity contribution in [3.8, 4) is 0 Å². The van der Waals surface area contributed by atoms with E-state index >= 15 is 0 Å². The first-order valence-corrected chi connectivity index (χ1v) is 6.00. The lowest BCUT2D eigenvalue weighted by molar-refractivity contribution is 0.499. The van der Waals surface area contributed by atoms with Crippen LogP contribution in [-0.2, 0) is 0 Å². The maximum Gasteiger partial charge on any atom is 0.191 e. The summed E-state index contributed by atoms with van der Waals surface area (Å²) < 4.78 is 0. The van der Waals surface area contributed by atoms with Gasteiger partial charge in [0.15, 0.2) is 5.96 Å². The second-order valence-corrected chi connectivity index (χ2v) is 5.46. The highest BCUT2D eigenvalue weighted by Gasteiger charge is 2.20. The fourth-order valence-corrected chi connectivity index (χ4v) is 1.54. The standard InChI is InChI=1S/C12H25N3/c1-12(2,3)15-11(13-4)14-9-5-6-10-7-8-10/h10H,5-9H2,1-4H3,(H2,13,14,15). The Bertz CT molecular complexity index is 211. The molecular formula is C12H25N3. The monoisotopic (exact) mass is 211 g/mol. The third-order valence-corrected chi connectivity index (χ3v) is 2.50. The number of hydrogen-bond donors (Lipinski definition) is 2. The highest BCUT2D eigenvalue weighted by molar-refractivity contribution is 5.80. The molecule has 0 heterocycles. The van der Waals surface area contributed by atoms with Crippen LogP contribution in [0.25, 0.3) is 0 Å². The van der Waals surface area contributed by atoms with Gasteiger partial charge in [-0.3, -0.25) is 4.99 Å². The maximum absolute atomic E-state index is 4.20. The van der Waals surface area contributed by atoms with Crippen LogP contribution in [0.1, 0.15) is 46.5 Å². The van der Waals surface area contributed by atoms with Gasteiger partial charge in [-0.15, -0.1) is 0 Å². The molecule has 0 bridgehead atoms. The first kappa shape index (κ1) is 12.3. The molecular weight excluding hydrogens is 186 g/mol. The molecule has 3 nitrogen and oxygen atoms in total. The molecule has 88 valence electrons. The van der Waals surface area contributed by atoms with Crippen molar-refractivity contribution in [1.82, 2.24) is 10.6 Å². The van der Waals surface area contributed by atoms with Crippen molar-refractivity contribution in [2.45, 2.75) is 52.0 Å². The number of nitrogens with zero attached hydrogens (tertiary/aromatic N) is 1. The van der Waals surface area contributed by atoms with Crippen molar-refractivity contribution in [3.63, 3.8) is 0 Å². The van der Waals surface area contributed by atoms with E-state index in [0.717, 1.165) is 18.4 Å². The highest BCUT2D eigenvalue weighted by atomic mass is 15.2. The zero-order chi connectivity index (χ0) is 11.3. The number of rotatable bonds is 4. The average molecular weight is 211 g/mol. The van der Waals surface area contributed by atoms with Crippen LogP contribution in [0.15, 0.2) is 4.99 Å². The summed E-state index contributed by atoms with van der Waals surface area (Å²) in [7, 11) is 1.82. The lowest BCUT2D eigenvalue weighted by Crippen LogP contribution is -2.47. The van der Waals surface area contributed by atoms with Crippen LogP contribution >= 0.6 is 0 Å². The summed E-state index contributed by atoms with van der Waals surface area (Å²) in [6.45, 7) is 7.46. The minimum Gasteiger partial charge on any atom is -0.356 e. The van der Waals surface area contributed by atoms with Crippen LogP contribution in [0.3, 0.4) is 0 Å². The van der Waals surface area contributed by atoms with E-state index in [1.54, 1.807) is 0 Å². The summed E-state index contributed by atoms with van der Waals surface area (Å²) in [4.78, 5) is 4.20. The summed E-state index contributed by atoms with van der Waals surface area (Å²) in [6.07, 6.45) is 5.54. The predicted octanol–water partition coefficient (Wildman–Crippen LogP) is 2.14. The lowest BCUT2D eigenvalue weighted by atomic mass is 10.1. The molecule has 0 aromatic carbocycles. The molecule has 0 aromatic heterocycles. The van der Waals surface area contributed by atoms with E-state index in [0.29, 0.717) is 0 Å². The molecule has 2 N–H and O–H groups in total. The normalized spacial score (nSPS) is 17.7. The van der Waals surface area contributed by atoms with E-state index in [1.165, 1.54) is 25.7 Å². The Hall–Kier alpha value is -0.730. The van der Waals surface area contributed by atoms with Gasteiger partial charge in [-0.05, 0) is 39.5 Å². The Morgan fingerprint density at radius 3 is 2.47 bits per heavy atom. The van der Waals surface area contributed by atoms with E-state index in [4.69, 9.17) is 0 Å². The second kappa shape index (κ2) is 5.38. The molecule has 3 heteroatoms. The van der Waals surface area contributed by atoms with Gasteiger partial charge in [-0.25, -0.2) is 0 Å². The van der Waals surface area contributed by atoms with Crippen LogP contribution in [0.4, 0.5) is 0 Å². The SMILES string of the molecule is CN=C(NCCCC1CC1)NC(C)(C)C. The average Bonchev–Trinajstić information content (AvgIpc) is 2.92. The minimum atomic E-state index is 0.0817. The first-order chi connectivity index (χ1) is 7.01. The molecule has 0 aromatic rings. The van der Waals surface area contributed by atoms with Crippen LogP contribution in [-0.4, -0.2) is 25.1 Å². The lowest BCUT2D eigenvalue weighted by Gasteiger charge is -2.23. The highest BCUT2D eigenvalue weighted by Crippen LogP contribution is 2.33. The minimum absolute atomic E-state index is 0.0817. The fraction of sp³-hybridized carbons (Fsp3) is 0.917. The molecule has 0 saturated heterocycles. The summed E-state index contributed by atoms with van der Waals surface area (Å²) in [5, 5.41) is 6.70. The van der Waals surface area contributed by atoms with Crippen molar-refractivity contribution >= 4 is 5.96 Å². The Labute approximate surface area is 93.7 Å². The van der Waals surface area contributed by atoms with Crippen LogP contribution in [0.5, 0.6) is 0 Å². The molecule has 0 unspecified atom stereocenters. The summed E-state index contributed by atoms with van der Waals surface area (Å²) in [5.74, 6) is 1.95. The summed E-state index contributed by atoms with van der Waals surface area (Å²) in [5.41, 5.74) is 0.0817. The second-order valence-electron chi connectivity index (χ2n) is 5.46. The Morgan fingerprint density at radius 1 is 1.33 bits per heavy atom. The van der Waals surface area contributed by atoms with Gasteiger partial charge in [0.25, 0.3) is 0 Å². The quantitative estimate of drug-likeness (QED) is 0.424. The smallest absolute Gasteiger partial charge is 0.191 e. The van der Waals surface area contributed by atoms with Gasteiger partial charge >= 0.3 is 0 Å². The molecule has 1 fully saturated rings. The van der Waals surface area contributed by atoms with E-state index in [9.17, 15) is 0 Å². The summed E-state index contributed by atoms with van der Waals surface area (Å²) in [6, 6.07) is 0. The zero-order valence-electron chi connectivity index (χ0n) is 10.6. The van der Waals surface area contributed by atoms with Gasteiger partial charge in [0.2, 0.25) is 0 Å². The van der Waals surface area contributed by atoms with Crippen molar-refractivity contribution in [2.24, 2.45) is 10.9 Å². The third-order valence-electron chi connectivity index (χ3n) is 2.50. The maximum atomic E-state index is 4.20. The molecule has 1 saturated carbocycles. The Balaban J connectivity index is 2.10. The number of nitrogens with one attached hydrogen (secondary N) is 2. The molecule has 0 atom stereocenters. The summed E-state index contributed by atoms with van der Waals surface area (Å²) >= 11 is 0. The van der Waals surface area contributed by atoms with Crippen LogP contribution < -0.4 is 10.6 Å². The molecule has 0 aliphatic heterocycles. The van der Waals surface area contributed by atoms with Crippen molar-refractivity contribution in [3.05, 3.63) is 0 Å². The molecule has 1 aliphatic rings.